The fourth-order valence-electron chi connectivity index (χ4n) is 5.40. The maximum atomic E-state index is 13.3. The first-order valence-corrected chi connectivity index (χ1v) is 10.8. The van der Waals surface area contributed by atoms with E-state index in [0.29, 0.717) is 18.4 Å². The van der Waals surface area contributed by atoms with Crippen LogP contribution in [0.5, 0.6) is 0 Å². The molecule has 0 bridgehead atoms. The summed E-state index contributed by atoms with van der Waals surface area (Å²) >= 11 is 1.86. The van der Waals surface area contributed by atoms with Crippen LogP contribution in [0.25, 0.3) is 0 Å². The van der Waals surface area contributed by atoms with E-state index in [-0.39, 0.29) is 5.54 Å². The van der Waals surface area contributed by atoms with Crippen LogP contribution in [0.2, 0.25) is 0 Å². The van der Waals surface area contributed by atoms with Crippen molar-refractivity contribution in [3.05, 3.63) is 57.8 Å². The Balaban J connectivity index is 1.35. The molecular formula is C22H26N2OS. The predicted molar refractivity (Wildman–Crippen MR) is 105 cm³/mol. The summed E-state index contributed by atoms with van der Waals surface area (Å²) in [6.45, 7) is 3.46. The van der Waals surface area contributed by atoms with Crippen LogP contribution in [0.15, 0.2) is 41.8 Å². The monoisotopic (exact) mass is 366 g/mol. The summed E-state index contributed by atoms with van der Waals surface area (Å²) in [7, 11) is 0. The lowest BCUT2D eigenvalue weighted by Crippen LogP contribution is -2.68. The van der Waals surface area contributed by atoms with Crippen LogP contribution >= 0.6 is 11.3 Å². The summed E-state index contributed by atoms with van der Waals surface area (Å²) in [5.41, 5.74) is 2.74. The Kier molecular flexibility index (Phi) is 4.13. The molecule has 0 N–H and O–H groups in total. The van der Waals surface area contributed by atoms with Crippen molar-refractivity contribution in [1.29, 1.82) is 0 Å². The van der Waals surface area contributed by atoms with Gasteiger partial charge in [0, 0.05) is 30.4 Å². The molecule has 3 aliphatic rings. The van der Waals surface area contributed by atoms with Crippen molar-refractivity contribution in [3.8, 4) is 0 Å². The van der Waals surface area contributed by atoms with Crippen LogP contribution in [0, 0.1) is 5.92 Å². The number of hydrogen-bond acceptors (Lipinski definition) is 3. The molecule has 1 aromatic carbocycles. The summed E-state index contributed by atoms with van der Waals surface area (Å²) < 4.78 is 0. The standard InChI is InChI=1S/C22H26N2OS/c25-21(16-23-12-9-20-17(14-23)10-13-26-20)24-15-19-8-4-5-11-22(19,24)18-6-2-1-3-7-18/h1-3,6-7,10,13,19H,4-5,8-9,11-12,14-16H2/t19-,22-/m1/s1. The van der Waals surface area contributed by atoms with Gasteiger partial charge < -0.3 is 4.90 Å². The number of hydrogen-bond donors (Lipinski definition) is 0. The van der Waals surface area contributed by atoms with Gasteiger partial charge in [-0.25, -0.2) is 0 Å². The van der Waals surface area contributed by atoms with E-state index in [0.717, 1.165) is 32.5 Å². The average molecular weight is 367 g/mol. The SMILES string of the molecule is O=C(CN1CCc2sccc2C1)N1C[C@H]2CCCC[C@@]21c1ccccc1. The lowest BCUT2D eigenvalue weighted by Gasteiger charge is -2.61. The van der Waals surface area contributed by atoms with Crippen molar-refractivity contribution in [2.45, 2.75) is 44.2 Å². The molecule has 5 rings (SSSR count). The van der Waals surface area contributed by atoms with E-state index in [1.54, 1.807) is 0 Å². The summed E-state index contributed by atoms with van der Waals surface area (Å²) in [6.07, 6.45) is 6.03. The molecule has 1 aromatic heterocycles. The number of thiophene rings is 1. The molecule has 2 atom stereocenters. The molecule has 2 fully saturated rings. The lowest BCUT2D eigenvalue weighted by molar-refractivity contribution is -0.168. The molecule has 1 aliphatic carbocycles. The van der Waals surface area contributed by atoms with E-state index in [2.05, 4.69) is 51.6 Å². The fraction of sp³-hybridized carbons (Fsp3) is 0.500. The molecule has 0 radical (unpaired) electrons. The first-order valence-electron chi connectivity index (χ1n) is 9.91. The second-order valence-corrected chi connectivity index (χ2v) is 9.07. The maximum Gasteiger partial charge on any atom is 0.237 e. The van der Waals surface area contributed by atoms with Gasteiger partial charge in [0.1, 0.15) is 0 Å². The summed E-state index contributed by atoms with van der Waals surface area (Å²) in [5, 5.41) is 2.18. The molecule has 3 nitrogen and oxygen atoms in total. The highest BCUT2D eigenvalue weighted by Crippen LogP contribution is 2.53. The molecule has 4 heteroatoms. The normalized spacial score (nSPS) is 28.2. The van der Waals surface area contributed by atoms with Gasteiger partial charge in [-0.05, 0) is 41.8 Å². The molecule has 3 heterocycles. The average Bonchev–Trinajstić information content (AvgIpc) is 3.11. The number of rotatable bonds is 3. The molecule has 136 valence electrons. The number of nitrogens with zero attached hydrogens (tertiary/aromatic N) is 2. The number of amides is 1. The number of benzene rings is 1. The zero-order chi connectivity index (χ0) is 17.6. The van der Waals surface area contributed by atoms with Gasteiger partial charge in [-0.1, -0.05) is 43.2 Å². The minimum Gasteiger partial charge on any atom is -0.331 e. The topological polar surface area (TPSA) is 23.6 Å². The highest BCUT2D eigenvalue weighted by atomic mass is 32.1. The third-order valence-corrected chi connectivity index (χ3v) is 7.76. The van der Waals surface area contributed by atoms with Gasteiger partial charge in [0.2, 0.25) is 5.91 Å². The first-order chi connectivity index (χ1) is 12.8. The van der Waals surface area contributed by atoms with Crippen LogP contribution < -0.4 is 0 Å². The number of fused-ring (bicyclic) bond motifs is 2. The number of carbonyl (C=O) groups is 1. The van der Waals surface area contributed by atoms with Crippen molar-refractivity contribution >= 4 is 17.2 Å². The highest BCUT2D eigenvalue weighted by Gasteiger charge is 2.56. The molecular weight excluding hydrogens is 340 g/mol. The minimum absolute atomic E-state index is 0.0279. The van der Waals surface area contributed by atoms with E-state index < -0.39 is 0 Å². The van der Waals surface area contributed by atoms with E-state index in [4.69, 9.17) is 0 Å². The van der Waals surface area contributed by atoms with Crippen LogP contribution in [-0.4, -0.2) is 35.3 Å². The van der Waals surface area contributed by atoms with E-state index in [9.17, 15) is 4.79 Å². The minimum atomic E-state index is -0.0279. The van der Waals surface area contributed by atoms with Gasteiger partial charge in [-0.3, -0.25) is 9.69 Å². The summed E-state index contributed by atoms with van der Waals surface area (Å²) in [6, 6.07) is 13.0. The largest absolute Gasteiger partial charge is 0.331 e. The van der Waals surface area contributed by atoms with E-state index >= 15 is 0 Å². The summed E-state index contributed by atoms with van der Waals surface area (Å²) in [5.74, 6) is 0.970. The van der Waals surface area contributed by atoms with Gasteiger partial charge in [-0.15, -0.1) is 11.3 Å². The van der Waals surface area contributed by atoms with Gasteiger partial charge in [-0.2, -0.15) is 0 Å². The maximum absolute atomic E-state index is 13.3. The van der Waals surface area contributed by atoms with Gasteiger partial charge >= 0.3 is 0 Å². The quantitative estimate of drug-likeness (QED) is 0.819. The zero-order valence-corrected chi connectivity index (χ0v) is 16.0. The predicted octanol–water partition coefficient (Wildman–Crippen LogP) is 4.03. The Bertz CT molecular complexity index is 801. The lowest BCUT2D eigenvalue weighted by atomic mass is 9.61. The van der Waals surface area contributed by atoms with Gasteiger partial charge in [0.05, 0.1) is 12.1 Å². The Labute approximate surface area is 159 Å². The molecule has 2 aromatic rings. The highest BCUT2D eigenvalue weighted by molar-refractivity contribution is 7.10. The molecule has 1 saturated carbocycles. The molecule has 1 amide bonds. The van der Waals surface area contributed by atoms with Crippen molar-refractivity contribution in [3.63, 3.8) is 0 Å². The third kappa shape index (κ3) is 2.54. The van der Waals surface area contributed by atoms with E-state index in [1.807, 2.05) is 11.3 Å². The summed E-state index contributed by atoms with van der Waals surface area (Å²) in [4.78, 5) is 19.3. The van der Waals surface area contributed by atoms with Crippen LogP contribution in [0.4, 0.5) is 0 Å². The molecule has 26 heavy (non-hydrogen) atoms. The first kappa shape index (κ1) is 16.5. The van der Waals surface area contributed by atoms with Gasteiger partial charge in [0.25, 0.3) is 0 Å². The number of carbonyl (C=O) groups excluding carboxylic acids is 1. The molecule has 1 saturated heterocycles. The van der Waals surface area contributed by atoms with E-state index in [1.165, 1.54) is 35.3 Å². The third-order valence-electron chi connectivity index (χ3n) is 6.74. The molecule has 0 spiro atoms. The van der Waals surface area contributed by atoms with Crippen molar-refractivity contribution in [2.24, 2.45) is 5.92 Å². The van der Waals surface area contributed by atoms with Crippen LogP contribution in [0.3, 0.4) is 0 Å². The fourth-order valence-corrected chi connectivity index (χ4v) is 6.29. The Morgan fingerprint density at radius 1 is 1.19 bits per heavy atom. The Hall–Kier alpha value is -1.65. The van der Waals surface area contributed by atoms with Gasteiger partial charge in [0.15, 0.2) is 0 Å². The van der Waals surface area contributed by atoms with Crippen LogP contribution in [-0.2, 0) is 23.3 Å². The Morgan fingerprint density at radius 2 is 2.08 bits per heavy atom. The second-order valence-electron chi connectivity index (χ2n) is 8.07. The van der Waals surface area contributed by atoms with Crippen LogP contribution in [0.1, 0.15) is 41.7 Å². The Morgan fingerprint density at radius 3 is 2.92 bits per heavy atom. The number of likely N-dealkylation sites (tertiary alicyclic amines) is 1. The zero-order valence-electron chi connectivity index (χ0n) is 15.2. The van der Waals surface area contributed by atoms with Crippen molar-refractivity contribution in [2.75, 3.05) is 19.6 Å². The smallest absolute Gasteiger partial charge is 0.237 e. The second kappa shape index (κ2) is 6.50. The van der Waals surface area contributed by atoms with Crippen molar-refractivity contribution < 1.29 is 4.79 Å². The van der Waals surface area contributed by atoms with Crippen molar-refractivity contribution in [1.82, 2.24) is 9.80 Å². The molecule has 0 unspecified atom stereocenters. The molecule has 2 aliphatic heterocycles.